The summed E-state index contributed by atoms with van der Waals surface area (Å²) in [6, 6.07) is 7.34. The van der Waals surface area contributed by atoms with E-state index in [1.165, 1.54) is 12.8 Å². The first-order chi connectivity index (χ1) is 11.2. The molecular formula is C17H19N5O. The second-order valence-electron chi connectivity index (χ2n) is 6.44. The fourth-order valence-electron chi connectivity index (χ4n) is 3.68. The number of tetrazole rings is 1. The van der Waals surface area contributed by atoms with Crippen molar-refractivity contribution in [1.29, 1.82) is 0 Å². The van der Waals surface area contributed by atoms with Crippen LogP contribution in [0.25, 0.3) is 5.69 Å². The number of amides is 1. The third-order valence-electron chi connectivity index (χ3n) is 4.94. The van der Waals surface area contributed by atoms with Gasteiger partial charge in [-0.1, -0.05) is 12.2 Å². The van der Waals surface area contributed by atoms with E-state index in [2.05, 4.69) is 33.0 Å². The summed E-state index contributed by atoms with van der Waals surface area (Å²) < 4.78 is 1.64. The van der Waals surface area contributed by atoms with Gasteiger partial charge in [0, 0.05) is 12.1 Å². The van der Waals surface area contributed by atoms with Crippen LogP contribution in [0.15, 0.2) is 36.4 Å². The number of aromatic nitrogens is 4. The number of hydrogen-bond acceptors (Lipinski definition) is 4. The molecule has 118 valence electrons. The summed E-state index contributed by atoms with van der Waals surface area (Å²) in [7, 11) is 0. The van der Waals surface area contributed by atoms with Gasteiger partial charge in [0.2, 0.25) is 0 Å². The topological polar surface area (TPSA) is 72.7 Å². The maximum absolute atomic E-state index is 12.3. The Morgan fingerprint density at radius 1 is 1.26 bits per heavy atom. The Morgan fingerprint density at radius 3 is 2.70 bits per heavy atom. The van der Waals surface area contributed by atoms with Crippen molar-refractivity contribution in [3.63, 3.8) is 0 Å². The average Bonchev–Trinajstić information content (AvgIpc) is 3.29. The van der Waals surface area contributed by atoms with E-state index < -0.39 is 0 Å². The second-order valence-corrected chi connectivity index (χ2v) is 6.44. The molecule has 2 aromatic rings. The van der Waals surface area contributed by atoms with E-state index in [0.29, 0.717) is 23.2 Å². The van der Waals surface area contributed by atoms with E-state index >= 15 is 0 Å². The Morgan fingerprint density at radius 2 is 2.09 bits per heavy atom. The van der Waals surface area contributed by atoms with Crippen molar-refractivity contribution in [3.8, 4) is 5.69 Å². The van der Waals surface area contributed by atoms with E-state index in [1.807, 2.05) is 31.2 Å². The van der Waals surface area contributed by atoms with Crippen molar-refractivity contribution >= 4 is 5.91 Å². The molecule has 3 atom stereocenters. The lowest BCUT2D eigenvalue weighted by Gasteiger charge is -2.18. The lowest BCUT2D eigenvalue weighted by molar-refractivity contribution is 0.0945. The largest absolute Gasteiger partial charge is 0.352 e. The number of aryl methyl sites for hydroxylation is 1. The highest BCUT2D eigenvalue weighted by Crippen LogP contribution is 2.42. The lowest BCUT2D eigenvalue weighted by Crippen LogP contribution is -2.30. The van der Waals surface area contributed by atoms with Crippen LogP contribution < -0.4 is 5.32 Å². The number of nitrogens with zero attached hydrogens (tertiary/aromatic N) is 4. The first kappa shape index (κ1) is 14.1. The summed E-state index contributed by atoms with van der Waals surface area (Å²) in [5, 5.41) is 14.5. The van der Waals surface area contributed by atoms with E-state index in [4.69, 9.17) is 0 Å². The predicted octanol–water partition coefficient (Wildman–Crippen LogP) is 1.91. The van der Waals surface area contributed by atoms with Gasteiger partial charge in [-0.25, -0.2) is 0 Å². The van der Waals surface area contributed by atoms with Crippen LogP contribution in [0.3, 0.4) is 0 Å². The molecule has 1 saturated carbocycles. The lowest BCUT2D eigenvalue weighted by atomic mass is 9.93. The zero-order chi connectivity index (χ0) is 15.8. The molecule has 0 unspecified atom stereocenters. The number of carbonyl (C=O) groups excluding carboxylic acids is 1. The van der Waals surface area contributed by atoms with Gasteiger partial charge in [0.05, 0.1) is 5.69 Å². The molecule has 0 saturated heterocycles. The van der Waals surface area contributed by atoms with Crippen molar-refractivity contribution in [1.82, 2.24) is 25.5 Å². The smallest absolute Gasteiger partial charge is 0.251 e. The first-order valence-electron chi connectivity index (χ1n) is 8.02. The molecule has 0 radical (unpaired) electrons. The summed E-state index contributed by atoms with van der Waals surface area (Å²) in [6.07, 6.45) is 7.11. The number of carbonyl (C=O) groups is 1. The van der Waals surface area contributed by atoms with Crippen LogP contribution in [0, 0.1) is 24.7 Å². The van der Waals surface area contributed by atoms with Crippen LogP contribution in [0.5, 0.6) is 0 Å². The van der Waals surface area contributed by atoms with E-state index in [9.17, 15) is 4.79 Å². The summed E-state index contributed by atoms with van der Waals surface area (Å²) >= 11 is 0. The molecule has 6 heteroatoms. The fraction of sp³-hybridized carbons (Fsp3) is 0.412. The van der Waals surface area contributed by atoms with Gasteiger partial charge < -0.3 is 5.32 Å². The number of nitrogens with one attached hydrogen (secondary N) is 1. The fourth-order valence-corrected chi connectivity index (χ4v) is 3.68. The molecular weight excluding hydrogens is 290 g/mol. The summed E-state index contributed by atoms with van der Waals surface area (Å²) in [4.78, 5) is 12.3. The molecule has 1 aromatic heterocycles. The first-order valence-corrected chi connectivity index (χ1v) is 8.02. The molecule has 1 N–H and O–H groups in total. The minimum Gasteiger partial charge on any atom is -0.352 e. The van der Waals surface area contributed by atoms with Crippen LogP contribution in [0.4, 0.5) is 0 Å². The van der Waals surface area contributed by atoms with Gasteiger partial charge in [-0.15, -0.1) is 5.10 Å². The summed E-state index contributed by atoms with van der Waals surface area (Å²) in [5.74, 6) is 2.69. The number of benzene rings is 1. The molecule has 2 aliphatic carbocycles. The van der Waals surface area contributed by atoms with Crippen molar-refractivity contribution in [3.05, 3.63) is 47.8 Å². The Kier molecular flexibility index (Phi) is 3.44. The highest BCUT2D eigenvalue weighted by Gasteiger charge is 2.35. The van der Waals surface area contributed by atoms with Gasteiger partial charge in [-0.2, -0.15) is 4.68 Å². The minimum absolute atomic E-state index is 0.0169. The number of rotatable bonds is 4. The van der Waals surface area contributed by atoms with E-state index in [1.54, 1.807) is 4.68 Å². The van der Waals surface area contributed by atoms with Crippen molar-refractivity contribution in [2.45, 2.75) is 19.8 Å². The normalized spacial score (nSPS) is 25.0. The molecule has 2 bridgehead atoms. The van der Waals surface area contributed by atoms with E-state index in [0.717, 1.165) is 18.2 Å². The van der Waals surface area contributed by atoms with Gasteiger partial charge in [-0.05, 0) is 72.2 Å². The molecule has 1 fully saturated rings. The quantitative estimate of drug-likeness (QED) is 0.876. The second kappa shape index (κ2) is 5.61. The van der Waals surface area contributed by atoms with Crippen LogP contribution in [0.2, 0.25) is 0 Å². The standard InChI is InChI=1S/C17H19N5O/c1-11-19-20-21-22(11)16-6-4-13(5-7-16)17(23)18-10-15-9-12-2-3-14(15)8-12/h2-7,12,14-15H,8-10H2,1H3,(H,18,23)/t12-,14-,15-/m0/s1. The predicted molar refractivity (Wildman–Crippen MR) is 85.1 cm³/mol. The highest BCUT2D eigenvalue weighted by atomic mass is 16.1. The van der Waals surface area contributed by atoms with Gasteiger partial charge in [0.25, 0.3) is 5.91 Å². The average molecular weight is 309 g/mol. The highest BCUT2D eigenvalue weighted by molar-refractivity contribution is 5.94. The van der Waals surface area contributed by atoms with Crippen LogP contribution in [-0.2, 0) is 0 Å². The van der Waals surface area contributed by atoms with E-state index in [-0.39, 0.29) is 5.91 Å². The maximum atomic E-state index is 12.3. The SMILES string of the molecule is Cc1nnnn1-c1ccc(C(=O)NC[C@@H]2C[C@H]3C=C[C@H]2C3)cc1. The third-order valence-corrected chi connectivity index (χ3v) is 4.94. The molecule has 1 amide bonds. The molecule has 4 rings (SSSR count). The van der Waals surface area contributed by atoms with Crippen LogP contribution >= 0.6 is 0 Å². The molecule has 23 heavy (non-hydrogen) atoms. The number of fused-ring (bicyclic) bond motifs is 2. The number of allylic oxidation sites excluding steroid dienone is 2. The Labute approximate surface area is 134 Å². The Hall–Kier alpha value is -2.50. The molecule has 0 aliphatic heterocycles. The van der Waals surface area contributed by atoms with Crippen molar-refractivity contribution < 1.29 is 4.79 Å². The molecule has 2 aliphatic rings. The minimum atomic E-state index is -0.0169. The van der Waals surface area contributed by atoms with Gasteiger partial charge in [-0.3, -0.25) is 4.79 Å². The molecule has 6 nitrogen and oxygen atoms in total. The Balaban J connectivity index is 1.39. The number of hydrogen-bond donors (Lipinski definition) is 1. The van der Waals surface area contributed by atoms with Crippen LogP contribution in [0.1, 0.15) is 29.0 Å². The summed E-state index contributed by atoms with van der Waals surface area (Å²) in [6.45, 7) is 2.60. The van der Waals surface area contributed by atoms with Crippen LogP contribution in [-0.4, -0.2) is 32.7 Å². The molecule has 1 aromatic carbocycles. The van der Waals surface area contributed by atoms with Gasteiger partial charge in [0.15, 0.2) is 5.82 Å². The third kappa shape index (κ3) is 2.65. The zero-order valence-corrected chi connectivity index (χ0v) is 13.0. The maximum Gasteiger partial charge on any atom is 0.251 e. The monoisotopic (exact) mass is 309 g/mol. The molecule has 0 spiro atoms. The van der Waals surface area contributed by atoms with Crippen molar-refractivity contribution in [2.75, 3.05) is 6.54 Å². The van der Waals surface area contributed by atoms with Crippen molar-refractivity contribution in [2.24, 2.45) is 17.8 Å². The Bertz CT molecular complexity index is 749. The zero-order valence-electron chi connectivity index (χ0n) is 13.0. The van der Waals surface area contributed by atoms with Gasteiger partial charge >= 0.3 is 0 Å². The summed E-state index contributed by atoms with van der Waals surface area (Å²) in [5.41, 5.74) is 1.51. The molecule has 1 heterocycles. The van der Waals surface area contributed by atoms with Gasteiger partial charge in [0.1, 0.15) is 0 Å².